The Hall–Kier alpha value is -2.78. The average Bonchev–Trinajstić information content (AvgIpc) is 2.85. The highest BCUT2D eigenvalue weighted by molar-refractivity contribution is 7.92. The molecule has 0 aliphatic heterocycles. The number of carbonyl (C=O) groups is 2. The van der Waals surface area contributed by atoms with Crippen molar-refractivity contribution < 1.29 is 18.0 Å². The molecule has 1 N–H and O–H groups in total. The summed E-state index contributed by atoms with van der Waals surface area (Å²) in [6.07, 6.45) is 1.21. The van der Waals surface area contributed by atoms with Crippen LogP contribution >= 0.6 is 34.8 Å². The van der Waals surface area contributed by atoms with Crippen LogP contribution in [0.25, 0.3) is 0 Å². The number of amides is 2. The van der Waals surface area contributed by atoms with Crippen LogP contribution in [-0.2, 0) is 32.6 Å². The molecule has 0 aromatic heterocycles. The van der Waals surface area contributed by atoms with Crippen LogP contribution in [-0.4, -0.2) is 49.5 Å². The molecule has 0 aliphatic carbocycles. The summed E-state index contributed by atoms with van der Waals surface area (Å²) in [5.41, 5.74) is 1.12. The van der Waals surface area contributed by atoms with Crippen LogP contribution in [0.5, 0.6) is 0 Å². The second-order valence-electron chi connectivity index (χ2n) is 10.5. The molecule has 1 atom stereocenters. The number of nitrogens with one attached hydrogen (secondary N) is 1. The molecular weight excluding hydrogens is 593 g/mol. The maximum absolute atomic E-state index is 14.1. The van der Waals surface area contributed by atoms with Gasteiger partial charge >= 0.3 is 0 Å². The molecule has 3 aromatic rings. The number of halogens is 3. The zero-order chi connectivity index (χ0) is 29.7. The number of rotatable bonds is 10. The lowest BCUT2D eigenvalue weighted by molar-refractivity contribution is -0.140. The molecule has 0 heterocycles. The van der Waals surface area contributed by atoms with Crippen molar-refractivity contribution in [2.75, 3.05) is 17.1 Å². The lowest BCUT2D eigenvalue weighted by Gasteiger charge is -2.35. The van der Waals surface area contributed by atoms with Crippen molar-refractivity contribution in [3.8, 4) is 0 Å². The van der Waals surface area contributed by atoms with Gasteiger partial charge in [0.1, 0.15) is 12.6 Å². The van der Waals surface area contributed by atoms with Gasteiger partial charge in [-0.25, -0.2) is 8.42 Å². The Morgan fingerprint density at radius 1 is 0.875 bits per heavy atom. The van der Waals surface area contributed by atoms with Crippen molar-refractivity contribution in [1.82, 2.24) is 10.2 Å². The Bertz CT molecular complexity index is 1460. The molecule has 0 saturated heterocycles. The monoisotopic (exact) mass is 623 g/mol. The molecule has 0 saturated carbocycles. The molecule has 0 unspecified atom stereocenters. The summed E-state index contributed by atoms with van der Waals surface area (Å²) in [5, 5.41) is 3.83. The van der Waals surface area contributed by atoms with E-state index in [1.54, 1.807) is 24.3 Å². The topological polar surface area (TPSA) is 86.8 Å². The van der Waals surface area contributed by atoms with Gasteiger partial charge in [-0.05, 0) is 62.2 Å². The summed E-state index contributed by atoms with van der Waals surface area (Å²) in [7, 11) is -3.93. The van der Waals surface area contributed by atoms with Gasteiger partial charge in [-0.15, -0.1) is 0 Å². The van der Waals surface area contributed by atoms with Gasteiger partial charge in [-0.3, -0.25) is 13.9 Å². The van der Waals surface area contributed by atoms with Crippen molar-refractivity contribution in [3.63, 3.8) is 0 Å². The van der Waals surface area contributed by atoms with Gasteiger partial charge in [0.05, 0.1) is 22.0 Å². The molecule has 3 rings (SSSR count). The fourth-order valence-electron chi connectivity index (χ4n) is 4.09. The van der Waals surface area contributed by atoms with E-state index < -0.39 is 34.1 Å². The Morgan fingerprint density at radius 3 is 2.10 bits per heavy atom. The Morgan fingerprint density at radius 2 is 1.52 bits per heavy atom. The van der Waals surface area contributed by atoms with Crippen molar-refractivity contribution in [2.45, 2.75) is 45.3 Å². The van der Waals surface area contributed by atoms with Gasteiger partial charge in [0.2, 0.25) is 21.8 Å². The Balaban J connectivity index is 2.09. The molecule has 0 aliphatic rings. The van der Waals surface area contributed by atoms with E-state index in [9.17, 15) is 18.0 Å². The minimum atomic E-state index is -3.93. The van der Waals surface area contributed by atoms with Crippen molar-refractivity contribution in [3.05, 3.63) is 99.0 Å². The first kappa shape index (κ1) is 31.7. The van der Waals surface area contributed by atoms with Gasteiger partial charge in [0, 0.05) is 23.5 Å². The van der Waals surface area contributed by atoms with E-state index >= 15 is 0 Å². The fraction of sp³-hybridized carbons (Fsp3) is 0.310. The summed E-state index contributed by atoms with van der Waals surface area (Å²) in [4.78, 5) is 29.2. The second-order valence-corrected chi connectivity index (χ2v) is 13.6. The molecule has 3 aromatic carbocycles. The highest BCUT2D eigenvalue weighted by Crippen LogP contribution is 2.29. The average molecular weight is 625 g/mol. The van der Waals surface area contributed by atoms with E-state index in [-0.39, 0.29) is 34.6 Å². The van der Waals surface area contributed by atoms with Crippen molar-refractivity contribution in [1.29, 1.82) is 0 Å². The van der Waals surface area contributed by atoms with E-state index in [1.807, 2.05) is 51.1 Å². The van der Waals surface area contributed by atoms with Crippen LogP contribution in [0.2, 0.25) is 15.1 Å². The number of sulfonamides is 1. The van der Waals surface area contributed by atoms with Crippen molar-refractivity contribution in [2.24, 2.45) is 0 Å². The third-order valence-electron chi connectivity index (χ3n) is 5.88. The minimum Gasteiger partial charge on any atom is -0.350 e. The maximum Gasteiger partial charge on any atom is 0.244 e. The summed E-state index contributed by atoms with van der Waals surface area (Å²) >= 11 is 18.4. The van der Waals surface area contributed by atoms with Crippen LogP contribution in [0.4, 0.5) is 5.69 Å². The summed E-state index contributed by atoms with van der Waals surface area (Å²) < 4.78 is 26.7. The number of nitrogens with zero attached hydrogens (tertiary/aromatic N) is 2. The second kappa shape index (κ2) is 13.3. The van der Waals surface area contributed by atoms with Crippen LogP contribution in [0.1, 0.15) is 31.9 Å². The van der Waals surface area contributed by atoms with Crippen molar-refractivity contribution >= 4 is 62.3 Å². The molecule has 214 valence electrons. The van der Waals surface area contributed by atoms with E-state index in [2.05, 4.69) is 5.32 Å². The van der Waals surface area contributed by atoms with Gasteiger partial charge in [0.25, 0.3) is 0 Å². The molecule has 7 nitrogen and oxygen atoms in total. The van der Waals surface area contributed by atoms with Gasteiger partial charge in [-0.2, -0.15) is 0 Å². The van der Waals surface area contributed by atoms with Crippen LogP contribution in [0.3, 0.4) is 0 Å². The smallest absolute Gasteiger partial charge is 0.244 e. The van der Waals surface area contributed by atoms with E-state index in [0.29, 0.717) is 10.6 Å². The number of anilines is 1. The zero-order valence-corrected chi connectivity index (χ0v) is 25.8. The molecule has 0 fully saturated rings. The number of carbonyl (C=O) groups excluding carboxylic acids is 2. The van der Waals surface area contributed by atoms with E-state index in [1.165, 1.54) is 23.1 Å². The normalized spacial score (nSPS) is 12.5. The maximum atomic E-state index is 14.1. The SMILES string of the molecule is CC(C)(C)NC(=O)[C@@H](Cc1ccccc1)N(Cc1cccc(Cl)c1)C(=O)CN(c1ccc(Cl)c(Cl)c1)S(C)(=O)=O. The van der Waals surface area contributed by atoms with Gasteiger partial charge in [-0.1, -0.05) is 77.3 Å². The molecule has 0 spiro atoms. The first-order chi connectivity index (χ1) is 18.6. The Labute approximate surface area is 251 Å². The van der Waals surface area contributed by atoms with Crippen LogP contribution in [0, 0.1) is 0 Å². The molecule has 0 radical (unpaired) electrons. The predicted octanol–water partition coefficient (Wildman–Crippen LogP) is 5.97. The minimum absolute atomic E-state index is 0.0213. The Kier molecular flexibility index (Phi) is 10.5. The standard InChI is InChI=1S/C29H32Cl3N3O4S/c1-29(2,3)33-28(37)26(16-20-9-6-5-7-10-20)34(18-21-11-8-12-22(30)15-21)27(36)19-35(40(4,38)39)23-13-14-24(31)25(32)17-23/h5-15,17,26H,16,18-19H2,1-4H3,(H,33,37)/t26-/m1/s1. The largest absolute Gasteiger partial charge is 0.350 e. The third-order valence-corrected chi connectivity index (χ3v) is 8.00. The number of hydrogen-bond acceptors (Lipinski definition) is 4. The van der Waals surface area contributed by atoms with Gasteiger partial charge < -0.3 is 10.2 Å². The highest BCUT2D eigenvalue weighted by Gasteiger charge is 2.34. The molecule has 2 amide bonds. The molecule has 40 heavy (non-hydrogen) atoms. The quantitative estimate of drug-likeness (QED) is 0.301. The first-order valence-electron chi connectivity index (χ1n) is 12.5. The zero-order valence-electron chi connectivity index (χ0n) is 22.7. The van der Waals surface area contributed by atoms with Crippen LogP contribution < -0.4 is 9.62 Å². The lowest BCUT2D eigenvalue weighted by atomic mass is 10.0. The first-order valence-corrected chi connectivity index (χ1v) is 15.4. The summed E-state index contributed by atoms with van der Waals surface area (Å²) in [6, 6.07) is 19.6. The van der Waals surface area contributed by atoms with Gasteiger partial charge in [0.15, 0.2) is 0 Å². The van der Waals surface area contributed by atoms with E-state index in [4.69, 9.17) is 34.8 Å². The number of hydrogen-bond donors (Lipinski definition) is 1. The molecule has 0 bridgehead atoms. The lowest BCUT2D eigenvalue weighted by Crippen LogP contribution is -2.56. The molecular formula is C29H32Cl3N3O4S. The third kappa shape index (κ3) is 9.13. The predicted molar refractivity (Wildman–Crippen MR) is 162 cm³/mol. The summed E-state index contributed by atoms with van der Waals surface area (Å²) in [5.74, 6) is -0.950. The molecule has 11 heteroatoms. The summed E-state index contributed by atoms with van der Waals surface area (Å²) in [6.45, 7) is 5.01. The van der Waals surface area contributed by atoms with E-state index in [0.717, 1.165) is 16.1 Å². The highest BCUT2D eigenvalue weighted by atomic mass is 35.5. The fourth-order valence-corrected chi connectivity index (χ4v) is 5.44. The number of benzene rings is 3. The van der Waals surface area contributed by atoms with Crippen LogP contribution in [0.15, 0.2) is 72.8 Å².